The molecular weight excluding hydrogens is 392 g/mol. The number of rotatable bonds is 7. The zero-order chi connectivity index (χ0) is 21.0. The standard InChI is InChI=1S/C24H20N4O3/c1-28-23(24-3-2-14-29-24)15-18(27-28)16-30-19-8-10-21(11-9-19)31-20-6-4-17(5-7-20)22-12-13-25-26-22/h2-15H,16H2,1H3,(H,25,26). The van der Waals surface area contributed by atoms with Gasteiger partial charge in [0.15, 0.2) is 5.76 Å². The Morgan fingerprint density at radius 1 is 0.935 bits per heavy atom. The quantitative estimate of drug-likeness (QED) is 0.385. The van der Waals surface area contributed by atoms with Crippen molar-refractivity contribution in [1.29, 1.82) is 0 Å². The van der Waals surface area contributed by atoms with Gasteiger partial charge in [0.2, 0.25) is 0 Å². The first-order valence-electron chi connectivity index (χ1n) is 9.82. The van der Waals surface area contributed by atoms with Crippen molar-refractivity contribution in [3.63, 3.8) is 0 Å². The van der Waals surface area contributed by atoms with Crippen LogP contribution in [-0.4, -0.2) is 20.0 Å². The molecule has 3 aromatic heterocycles. The van der Waals surface area contributed by atoms with E-state index < -0.39 is 0 Å². The minimum absolute atomic E-state index is 0.365. The summed E-state index contributed by atoms with van der Waals surface area (Å²) in [4.78, 5) is 0. The number of benzene rings is 2. The highest BCUT2D eigenvalue weighted by atomic mass is 16.5. The van der Waals surface area contributed by atoms with Gasteiger partial charge >= 0.3 is 0 Å². The Bertz CT molecular complexity index is 1240. The van der Waals surface area contributed by atoms with Crippen LogP contribution < -0.4 is 9.47 Å². The second kappa shape index (κ2) is 8.23. The van der Waals surface area contributed by atoms with E-state index in [1.165, 1.54) is 0 Å². The zero-order valence-corrected chi connectivity index (χ0v) is 16.9. The number of ether oxygens (including phenoxy) is 2. The molecule has 2 aromatic carbocycles. The molecule has 0 radical (unpaired) electrons. The first-order chi connectivity index (χ1) is 15.2. The largest absolute Gasteiger partial charge is 0.487 e. The van der Waals surface area contributed by atoms with Crippen LogP contribution in [0.4, 0.5) is 0 Å². The van der Waals surface area contributed by atoms with Gasteiger partial charge < -0.3 is 13.9 Å². The van der Waals surface area contributed by atoms with E-state index in [-0.39, 0.29) is 0 Å². The number of furan rings is 1. The lowest BCUT2D eigenvalue weighted by molar-refractivity contribution is 0.299. The molecule has 7 nitrogen and oxygen atoms in total. The highest BCUT2D eigenvalue weighted by molar-refractivity contribution is 5.59. The number of aryl methyl sites for hydroxylation is 1. The third kappa shape index (κ3) is 4.20. The van der Waals surface area contributed by atoms with Crippen molar-refractivity contribution in [2.45, 2.75) is 6.61 Å². The highest BCUT2D eigenvalue weighted by Gasteiger charge is 2.10. The van der Waals surface area contributed by atoms with Crippen LogP contribution in [0.1, 0.15) is 5.69 Å². The third-order valence-corrected chi connectivity index (χ3v) is 4.82. The van der Waals surface area contributed by atoms with Crippen molar-refractivity contribution in [1.82, 2.24) is 20.0 Å². The summed E-state index contributed by atoms with van der Waals surface area (Å²) >= 11 is 0. The second-order valence-electron chi connectivity index (χ2n) is 6.98. The average molecular weight is 412 g/mol. The Kier molecular flexibility index (Phi) is 4.98. The Morgan fingerprint density at radius 3 is 2.35 bits per heavy atom. The molecule has 154 valence electrons. The minimum atomic E-state index is 0.365. The van der Waals surface area contributed by atoms with E-state index in [1.54, 1.807) is 17.1 Å². The highest BCUT2D eigenvalue weighted by Crippen LogP contribution is 2.27. The lowest BCUT2D eigenvalue weighted by Crippen LogP contribution is -1.98. The minimum Gasteiger partial charge on any atom is -0.487 e. The van der Waals surface area contributed by atoms with Crippen LogP contribution in [0.5, 0.6) is 17.2 Å². The van der Waals surface area contributed by atoms with E-state index in [9.17, 15) is 0 Å². The summed E-state index contributed by atoms with van der Waals surface area (Å²) in [6.45, 7) is 0.365. The van der Waals surface area contributed by atoms with Gasteiger partial charge in [0.1, 0.15) is 35.2 Å². The van der Waals surface area contributed by atoms with E-state index in [1.807, 2.05) is 79.8 Å². The monoisotopic (exact) mass is 412 g/mol. The van der Waals surface area contributed by atoms with Crippen molar-refractivity contribution in [3.8, 4) is 40.0 Å². The van der Waals surface area contributed by atoms with Crippen LogP contribution in [0.3, 0.4) is 0 Å². The normalized spacial score (nSPS) is 10.9. The van der Waals surface area contributed by atoms with Gasteiger partial charge in [0, 0.05) is 13.2 Å². The number of nitrogens with zero attached hydrogens (tertiary/aromatic N) is 3. The first kappa shape index (κ1) is 18.7. The maximum Gasteiger partial charge on any atom is 0.151 e. The summed E-state index contributed by atoms with van der Waals surface area (Å²) in [6.07, 6.45) is 3.38. The molecule has 5 aromatic rings. The van der Waals surface area contributed by atoms with Gasteiger partial charge in [-0.25, -0.2) is 0 Å². The van der Waals surface area contributed by atoms with E-state index in [0.717, 1.165) is 45.7 Å². The number of nitrogens with one attached hydrogen (secondary N) is 1. The smallest absolute Gasteiger partial charge is 0.151 e. The maximum absolute atomic E-state index is 5.92. The van der Waals surface area contributed by atoms with Gasteiger partial charge in [-0.05, 0) is 78.4 Å². The molecule has 0 saturated heterocycles. The zero-order valence-electron chi connectivity index (χ0n) is 16.9. The summed E-state index contributed by atoms with van der Waals surface area (Å²) in [5.74, 6) is 3.02. The summed E-state index contributed by atoms with van der Waals surface area (Å²) in [5, 5.41) is 11.4. The van der Waals surface area contributed by atoms with Crippen molar-refractivity contribution in [2.24, 2.45) is 7.05 Å². The lowest BCUT2D eigenvalue weighted by Gasteiger charge is -2.08. The average Bonchev–Trinajstić information content (AvgIpc) is 3.56. The Hall–Kier alpha value is -4.26. The molecule has 0 amide bonds. The van der Waals surface area contributed by atoms with E-state index >= 15 is 0 Å². The van der Waals surface area contributed by atoms with Crippen LogP contribution in [0.25, 0.3) is 22.7 Å². The number of aromatic nitrogens is 4. The number of aromatic amines is 1. The van der Waals surface area contributed by atoms with Crippen LogP contribution in [-0.2, 0) is 13.7 Å². The topological polar surface area (TPSA) is 78.1 Å². The maximum atomic E-state index is 5.92. The van der Waals surface area contributed by atoms with Gasteiger partial charge in [-0.15, -0.1) is 0 Å². The van der Waals surface area contributed by atoms with Gasteiger partial charge in [-0.2, -0.15) is 10.2 Å². The predicted octanol–water partition coefficient (Wildman–Crippen LogP) is 5.44. The Balaban J connectivity index is 1.19. The van der Waals surface area contributed by atoms with E-state index in [4.69, 9.17) is 13.9 Å². The fourth-order valence-electron chi connectivity index (χ4n) is 3.27. The van der Waals surface area contributed by atoms with Gasteiger partial charge in [0.25, 0.3) is 0 Å². The van der Waals surface area contributed by atoms with Crippen LogP contribution >= 0.6 is 0 Å². The Labute approximate surface area is 178 Å². The third-order valence-electron chi connectivity index (χ3n) is 4.82. The van der Waals surface area contributed by atoms with Crippen molar-refractivity contribution in [2.75, 3.05) is 0 Å². The fourth-order valence-corrected chi connectivity index (χ4v) is 3.27. The molecule has 0 aliphatic carbocycles. The molecule has 5 rings (SSSR count). The summed E-state index contributed by atoms with van der Waals surface area (Å²) in [6, 6.07) is 23.0. The second-order valence-corrected chi connectivity index (χ2v) is 6.98. The van der Waals surface area contributed by atoms with Crippen LogP contribution in [0.15, 0.2) is 89.7 Å². The van der Waals surface area contributed by atoms with E-state index in [2.05, 4.69) is 15.3 Å². The summed E-state index contributed by atoms with van der Waals surface area (Å²) in [5.41, 5.74) is 3.76. The summed E-state index contributed by atoms with van der Waals surface area (Å²) in [7, 11) is 1.88. The molecule has 0 aliphatic heterocycles. The molecule has 0 spiro atoms. The molecule has 3 heterocycles. The van der Waals surface area contributed by atoms with Crippen LogP contribution in [0, 0.1) is 0 Å². The first-order valence-corrected chi connectivity index (χ1v) is 9.82. The molecular formula is C24H20N4O3. The van der Waals surface area contributed by atoms with Crippen LogP contribution in [0.2, 0.25) is 0 Å². The van der Waals surface area contributed by atoms with Crippen molar-refractivity contribution < 1.29 is 13.9 Å². The molecule has 0 bridgehead atoms. The van der Waals surface area contributed by atoms with Gasteiger partial charge in [0.05, 0.1) is 12.0 Å². The number of hydrogen-bond acceptors (Lipinski definition) is 5. The molecule has 7 heteroatoms. The Morgan fingerprint density at radius 2 is 1.68 bits per heavy atom. The molecule has 1 N–H and O–H groups in total. The van der Waals surface area contributed by atoms with Crippen molar-refractivity contribution in [3.05, 3.63) is 91.0 Å². The molecule has 31 heavy (non-hydrogen) atoms. The predicted molar refractivity (Wildman–Crippen MR) is 116 cm³/mol. The molecule has 0 fully saturated rings. The number of H-pyrrole nitrogens is 1. The molecule has 0 aliphatic rings. The number of hydrogen-bond donors (Lipinski definition) is 1. The molecule has 0 unspecified atom stereocenters. The molecule has 0 atom stereocenters. The SMILES string of the molecule is Cn1nc(COc2ccc(Oc3ccc(-c4ccn[nH]4)cc3)cc2)cc1-c1ccco1. The summed E-state index contributed by atoms with van der Waals surface area (Å²) < 4.78 is 19.0. The molecule has 0 saturated carbocycles. The van der Waals surface area contributed by atoms with Gasteiger partial charge in [-0.1, -0.05) is 0 Å². The van der Waals surface area contributed by atoms with Gasteiger partial charge in [-0.3, -0.25) is 9.78 Å². The lowest BCUT2D eigenvalue weighted by atomic mass is 10.1. The van der Waals surface area contributed by atoms with Crippen molar-refractivity contribution >= 4 is 0 Å². The van der Waals surface area contributed by atoms with E-state index in [0.29, 0.717) is 6.61 Å². The fraction of sp³-hybridized carbons (Fsp3) is 0.0833.